The summed E-state index contributed by atoms with van der Waals surface area (Å²) in [6.45, 7) is 3.71. The third-order valence-electron chi connectivity index (χ3n) is 2.67. The predicted molar refractivity (Wildman–Crippen MR) is 71.1 cm³/mol. The summed E-state index contributed by atoms with van der Waals surface area (Å²) in [5.74, 6) is 0.154. The van der Waals surface area contributed by atoms with E-state index >= 15 is 0 Å². The number of carboxylic acid groups (broad SMARTS) is 1. The third-order valence-corrected chi connectivity index (χ3v) is 2.67. The number of rotatable bonds is 9. The minimum Gasteiger partial charge on any atom is -0.481 e. The van der Waals surface area contributed by atoms with Gasteiger partial charge in [0.15, 0.2) is 5.82 Å². The molecule has 1 unspecified atom stereocenters. The maximum Gasteiger partial charge on any atom is 0.305 e. The summed E-state index contributed by atoms with van der Waals surface area (Å²) < 4.78 is 5.06. The second-order valence-corrected chi connectivity index (χ2v) is 4.77. The third kappa shape index (κ3) is 6.31. The van der Waals surface area contributed by atoms with Crippen molar-refractivity contribution in [3.63, 3.8) is 0 Å². The Kier molecular flexibility index (Phi) is 6.69. The molecule has 0 aliphatic carbocycles. The van der Waals surface area contributed by atoms with Gasteiger partial charge in [0, 0.05) is 25.3 Å². The first-order valence-corrected chi connectivity index (χ1v) is 6.83. The van der Waals surface area contributed by atoms with Crippen molar-refractivity contribution in [2.24, 2.45) is 0 Å². The van der Waals surface area contributed by atoms with Crippen molar-refractivity contribution in [2.45, 2.75) is 58.4 Å². The molecule has 0 fully saturated rings. The molecule has 1 aromatic rings. The summed E-state index contributed by atoms with van der Waals surface area (Å²) in [6.07, 6.45) is 3.14. The average Bonchev–Trinajstić information content (AvgIpc) is 2.76. The summed E-state index contributed by atoms with van der Waals surface area (Å²) in [4.78, 5) is 26.2. The molecule has 1 atom stereocenters. The molecule has 0 saturated heterocycles. The van der Waals surface area contributed by atoms with Crippen LogP contribution in [0.3, 0.4) is 0 Å². The van der Waals surface area contributed by atoms with E-state index in [0.717, 1.165) is 12.8 Å². The number of carbonyl (C=O) groups excluding carboxylic acids is 1. The van der Waals surface area contributed by atoms with Gasteiger partial charge >= 0.3 is 5.97 Å². The molecule has 1 heterocycles. The molecule has 0 spiro atoms. The van der Waals surface area contributed by atoms with Crippen LogP contribution in [-0.4, -0.2) is 33.2 Å². The number of aromatic nitrogens is 2. The molecule has 1 aromatic heterocycles. The SMILES string of the molecule is CCCc1noc(CCCC(=O)NC(C)CC(=O)O)n1. The maximum absolute atomic E-state index is 11.6. The number of hydrogen-bond acceptors (Lipinski definition) is 5. The van der Waals surface area contributed by atoms with Crippen molar-refractivity contribution in [3.05, 3.63) is 11.7 Å². The second-order valence-electron chi connectivity index (χ2n) is 4.77. The molecule has 7 nitrogen and oxygen atoms in total. The number of aryl methyl sites for hydroxylation is 2. The van der Waals surface area contributed by atoms with Gasteiger partial charge in [-0.3, -0.25) is 9.59 Å². The van der Waals surface area contributed by atoms with Crippen LogP contribution in [0.25, 0.3) is 0 Å². The number of hydrogen-bond donors (Lipinski definition) is 2. The molecule has 0 bridgehead atoms. The fourth-order valence-corrected chi connectivity index (χ4v) is 1.78. The molecule has 0 aliphatic heterocycles. The van der Waals surface area contributed by atoms with Crippen LogP contribution in [0.15, 0.2) is 4.52 Å². The molecule has 20 heavy (non-hydrogen) atoms. The molecule has 2 N–H and O–H groups in total. The number of amides is 1. The smallest absolute Gasteiger partial charge is 0.305 e. The summed E-state index contributed by atoms with van der Waals surface area (Å²) in [6, 6.07) is -0.362. The number of carboxylic acids is 1. The van der Waals surface area contributed by atoms with Crippen LogP contribution in [0.5, 0.6) is 0 Å². The molecule has 7 heteroatoms. The number of carbonyl (C=O) groups is 2. The van der Waals surface area contributed by atoms with Crippen molar-refractivity contribution < 1.29 is 19.2 Å². The van der Waals surface area contributed by atoms with Crippen LogP contribution in [0.1, 0.15) is 51.2 Å². The zero-order chi connectivity index (χ0) is 15.0. The van der Waals surface area contributed by atoms with Gasteiger partial charge in [-0.15, -0.1) is 0 Å². The van der Waals surface area contributed by atoms with Crippen LogP contribution in [0, 0.1) is 0 Å². The Morgan fingerprint density at radius 3 is 2.80 bits per heavy atom. The standard InChI is InChI=1S/C13H21N3O4/c1-3-5-10-15-12(20-16-10)7-4-6-11(17)14-9(2)8-13(18)19/h9H,3-8H2,1-2H3,(H,14,17)(H,18,19). The second kappa shape index (κ2) is 8.29. The van der Waals surface area contributed by atoms with Crippen molar-refractivity contribution in [1.82, 2.24) is 15.5 Å². The Balaban J connectivity index is 2.22. The van der Waals surface area contributed by atoms with Gasteiger partial charge in [0.1, 0.15) is 0 Å². The van der Waals surface area contributed by atoms with Crippen LogP contribution in [0.4, 0.5) is 0 Å². The van der Waals surface area contributed by atoms with Crippen molar-refractivity contribution in [3.8, 4) is 0 Å². The van der Waals surface area contributed by atoms with Gasteiger partial charge in [0.05, 0.1) is 6.42 Å². The van der Waals surface area contributed by atoms with E-state index in [1.54, 1.807) is 6.92 Å². The average molecular weight is 283 g/mol. The van der Waals surface area contributed by atoms with Gasteiger partial charge in [-0.2, -0.15) is 4.98 Å². The molecule has 0 aliphatic rings. The number of aliphatic carboxylic acids is 1. The van der Waals surface area contributed by atoms with Crippen molar-refractivity contribution in [2.75, 3.05) is 0 Å². The highest BCUT2D eigenvalue weighted by Crippen LogP contribution is 2.05. The van der Waals surface area contributed by atoms with E-state index in [1.807, 2.05) is 6.92 Å². The van der Waals surface area contributed by atoms with Gasteiger partial charge in [0.25, 0.3) is 0 Å². The predicted octanol–water partition coefficient (Wildman–Crippen LogP) is 1.32. The number of nitrogens with one attached hydrogen (secondary N) is 1. The lowest BCUT2D eigenvalue weighted by Gasteiger charge is -2.10. The first-order chi connectivity index (χ1) is 9.51. The van der Waals surface area contributed by atoms with Crippen LogP contribution >= 0.6 is 0 Å². The lowest BCUT2D eigenvalue weighted by molar-refractivity contribution is -0.137. The highest BCUT2D eigenvalue weighted by atomic mass is 16.5. The van der Waals surface area contributed by atoms with E-state index in [4.69, 9.17) is 9.63 Å². The Morgan fingerprint density at radius 1 is 1.40 bits per heavy atom. The molecular formula is C13H21N3O4. The fraction of sp³-hybridized carbons (Fsp3) is 0.692. The van der Waals surface area contributed by atoms with E-state index in [1.165, 1.54) is 0 Å². The zero-order valence-corrected chi connectivity index (χ0v) is 11.9. The lowest BCUT2D eigenvalue weighted by Crippen LogP contribution is -2.34. The number of nitrogens with zero attached hydrogens (tertiary/aromatic N) is 2. The summed E-state index contributed by atoms with van der Waals surface area (Å²) in [7, 11) is 0. The van der Waals surface area contributed by atoms with Crippen LogP contribution in [-0.2, 0) is 22.4 Å². The Morgan fingerprint density at radius 2 is 2.15 bits per heavy atom. The topological polar surface area (TPSA) is 105 Å². The van der Waals surface area contributed by atoms with Gasteiger partial charge < -0.3 is 14.9 Å². The highest BCUT2D eigenvalue weighted by Gasteiger charge is 2.11. The van der Waals surface area contributed by atoms with Gasteiger partial charge in [0.2, 0.25) is 11.8 Å². The van der Waals surface area contributed by atoms with Crippen molar-refractivity contribution >= 4 is 11.9 Å². The summed E-state index contributed by atoms with van der Waals surface area (Å²) in [5, 5.41) is 15.1. The Labute approximate surface area is 117 Å². The molecule has 0 saturated carbocycles. The minimum atomic E-state index is -0.924. The fourth-order valence-electron chi connectivity index (χ4n) is 1.78. The first kappa shape index (κ1) is 16.1. The summed E-state index contributed by atoms with van der Waals surface area (Å²) in [5.41, 5.74) is 0. The lowest BCUT2D eigenvalue weighted by atomic mass is 10.2. The minimum absolute atomic E-state index is 0.0736. The molecule has 0 radical (unpaired) electrons. The van der Waals surface area contributed by atoms with Gasteiger partial charge in [-0.05, 0) is 19.8 Å². The first-order valence-electron chi connectivity index (χ1n) is 6.83. The van der Waals surface area contributed by atoms with E-state index in [2.05, 4.69) is 15.5 Å². The maximum atomic E-state index is 11.6. The van der Waals surface area contributed by atoms with E-state index in [0.29, 0.717) is 31.0 Å². The monoisotopic (exact) mass is 283 g/mol. The van der Waals surface area contributed by atoms with Crippen LogP contribution in [0.2, 0.25) is 0 Å². The molecule has 0 aromatic carbocycles. The zero-order valence-electron chi connectivity index (χ0n) is 11.9. The van der Waals surface area contributed by atoms with Crippen LogP contribution < -0.4 is 5.32 Å². The largest absolute Gasteiger partial charge is 0.481 e. The molecular weight excluding hydrogens is 262 g/mol. The quantitative estimate of drug-likeness (QED) is 0.708. The molecule has 112 valence electrons. The molecule has 1 amide bonds. The summed E-state index contributed by atoms with van der Waals surface area (Å²) >= 11 is 0. The van der Waals surface area contributed by atoms with E-state index in [-0.39, 0.29) is 18.4 Å². The highest BCUT2D eigenvalue weighted by molar-refractivity contribution is 5.77. The Bertz CT molecular complexity index is 445. The van der Waals surface area contributed by atoms with Gasteiger partial charge in [-0.1, -0.05) is 12.1 Å². The van der Waals surface area contributed by atoms with E-state index in [9.17, 15) is 9.59 Å². The van der Waals surface area contributed by atoms with Gasteiger partial charge in [-0.25, -0.2) is 0 Å². The van der Waals surface area contributed by atoms with E-state index < -0.39 is 5.97 Å². The normalized spacial score (nSPS) is 12.1. The van der Waals surface area contributed by atoms with Crippen molar-refractivity contribution in [1.29, 1.82) is 0 Å². The Hall–Kier alpha value is -1.92. The molecule has 1 rings (SSSR count).